The van der Waals surface area contributed by atoms with Gasteiger partial charge in [-0.05, 0) is 76.6 Å². The Bertz CT molecular complexity index is 1300. The Labute approximate surface area is 239 Å². The van der Waals surface area contributed by atoms with Crippen LogP contribution >= 0.6 is 11.6 Å². The number of aryl methyl sites for hydroxylation is 1. The number of hydrogen-bond acceptors (Lipinski definition) is 9. The molecule has 11 nitrogen and oxygen atoms in total. The van der Waals surface area contributed by atoms with Gasteiger partial charge in [0.15, 0.2) is 0 Å². The van der Waals surface area contributed by atoms with Crippen LogP contribution < -0.4 is 4.90 Å². The van der Waals surface area contributed by atoms with Crippen molar-refractivity contribution >= 4 is 35.2 Å². The van der Waals surface area contributed by atoms with Crippen LogP contribution in [0.3, 0.4) is 0 Å². The van der Waals surface area contributed by atoms with Crippen molar-refractivity contribution < 1.29 is 24.0 Å². The van der Waals surface area contributed by atoms with E-state index >= 15 is 0 Å². The molecular formula is C28H36ClN5O6. The zero-order chi connectivity index (χ0) is 29.4. The van der Waals surface area contributed by atoms with Crippen molar-refractivity contribution in [2.24, 2.45) is 0 Å². The van der Waals surface area contributed by atoms with Crippen molar-refractivity contribution in [2.75, 3.05) is 25.1 Å². The molecule has 4 rings (SSSR count). The molecule has 12 heteroatoms. The summed E-state index contributed by atoms with van der Waals surface area (Å²) in [5, 5.41) is 12.4. The van der Waals surface area contributed by atoms with Gasteiger partial charge in [0.1, 0.15) is 11.3 Å². The molecule has 1 unspecified atom stereocenters. The molecule has 216 valence electrons. The van der Waals surface area contributed by atoms with Crippen LogP contribution in [0.25, 0.3) is 0 Å². The average Bonchev–Trinajstić information content (AvgIpc) is 2.86. The highest BCUT2D eigenvalue weighted by Gasteiger charge is 2.47. The quantitative estimate of drug-likeness (QED) is 0.213. The zero-order valence-electron chi connectivity index (χ0n) is 23.8. The molecule has 1 aromatic heterocycles. The van der Waals surface area contributed by atoms with Gasteiger partial charge >= 0.3 is 17.7 Å². The Morgan fingerprint density at radius 2 is 1.82 bits per heavy atom. The molecule has 2 aromatic rings. The Morgan fingerprint density at radius 1 is 1.18 bits per heavy atom. The van der Waals surface area contributed by atoms with E-state index in [2.05, 4.69) is 9.97 Å². The Kier molecular flexibility index (Phi) is 8.26. The number of halogens is 1. The third kappa shape index (κ3) is 5.70. The molecule has 0 radical (unpaired) electrons. The minimum absolute atomic E-state index is 0.0617. The number of rotatable bonds is 5. The maximum absolute atomic E-state index is 13.4. The molecule has 0 spiro atoms. The van der Waals surface area contributed by atoms with Crippen molar-refractivity contribution in [2.45, 2.75) is 83.4 Å². The molecule has 2 aliphatic rings. The van der Waals surface area contributed by atoms with E-state index < -0.39 is 28.0 Å². The number of hydrogen-bond donors (Lipinski definition) is 0. The van der Waals surface area contributed by atoms with Crippen LogP contribution in [0.5, 0.6) is 0 Å². The lowest BCUT2D eigenvalue weighted by Crippen LogP contribution is -2.59. The molecule has 3 atom stereocenters. The summed E-state index contributed by atoms with van der Waals surface area (Å²) in [6, 6.07) is 6.94. The van der Waals surface area contributed by atoms with Crippen LogP contribution in [-0.2, 0) is 32.5 Å². The monoisotopic (exact) mass is 573 g/mol. The summed E-state index contributed by atoms with van der Waals surface area (Å²) < 4.78 is 10.8. The van der Waals surface area contributed by atoms with E-state index in [0.717, 1.165) is 17.5 Å². The summed E-state index contributed by atoms with van der Waals surface area (Å²) >= 11 is 6.37. The molecule has 1 saturated heterocycles. The van der Waals surface area contributed by atoms with E-state index in [-0.39, 0.29) is 54.1 Å². The number of nitro groups is 1. The van der Waals surface area contributed by atoms with E-state index in [4.69, 9.17) is 21.1 Å². The normalized spacial score (nSPS) is 22.9. The topological polar surface area (TPSA) is 128 Å². The Balaban J connectivity index is 1.75. The summed E-state index contributed by atoms with van der Waals surface area (Å²) in [5.41, 5.74) is -0.262. The molecule has 0 bridgehead atoms. The van der Waals surface area contributed by atoms with Crippen molar-refractivity contribution in [3.05, 3.63) is 56.5 Å². The SMILES string of the molecule is COC(=O)C1(Cc2nc(Cl)nc(N3C[C@@H](C)N(C(=O)OC(C)(C)C)[C@@H](C)C3)c2[N+](=O)[O-])CCCc2ccccc21. The van der Waals surface area contributed by atoms with Crippen LogP contribution in [0.2, 0.25) is 5.28 Å². The van der Waals surface area contributed by atoms with Crippen LogP contribution in [-0.4, -0.2) is 69.7 Å². The minimum Gasteiger partial charge on any atom is -0.468 e. The number of nitrogens with zero attached hydrogens (tertiary/aromatic N) is 5. The summed E-state index contributed by atoms with van der Waals surface area (Å²) in [6.07, 6.45) is 1.45. The lowest BCUT2D eigenvalue weighted by Gasteiger charge is -2.44. The number of aromatic nitrogens is 2. The highest BCUT2D eigenvalue weighted by Crippen LogP contribution is 2.44. The number of piperazine rings is 1. The van der Waals surface area contributed by atoms with E-state index in [1.165, 1.54) is 7.11 Å². The summed E-state index contributed by atoms with van der Waals surface area (Å²) in [6.45, 7) is 9.65. The molecule has 1 aliphatic heterocycles. The van der Waals surface area contributed by atoms with Crippen LogP contribution in [0.4, 0.5) is 16.3 Å². The first-order valence-corrected chi connectivity index (χ1v) is 13.8. The molecular weight excluding hydrogens is 538 g/mol. The van der Waals surface area contributed by atoms with Crippen LogP contribution in [0, 0.1) is 10.1 Å². The lowest BCUT2D eigenvalue weighted by atomic mass is 9.67. The molecule has 0 N–H and O–H groups in total. The van der Waals surface area contributed by atoms with Gasteiger partial charge in [-0.15, -0.1) is 0 Å². The maximum atomic E-state index is 13.4. The fourth-order valence-electron chi connectivity index (χ4n) is 6.03. The number of amides is 1. The van der Waals surface area contributed by atoms with Crippen LogP contribution in [0.1, 0.15) is 64.3 Å². The van der Waals surface area contributed by atoms with Gasteiger partial charge in [0.05, 0.1) is 29.5 Å². The van der Waals surface area contributed by atoms with Gasteiger partial charge in [-0.2, -0.15) is 4.98 Å². The van der Waals surface area contributed by atoms with Gasteiger partial charge < -0.3 is 14.4 Å². The van der Waals surface area contributed by atoms with Gasteiger partial charge in [-0.25, -0.2) is 9.78 Å². The maximum Gasteiger partial charge on any atom is 0.410 e. The first kappa shape index (κ1) is 29.5. The van der Waals surface area contributed by atoms with Gasteiger partial charge in [0, 0.05) is 19.5 Å². The summed E-state index contributed by atoms with van der Waals surface area (Å²) in [5.74, 6) is -0.412. The number of methoxy groups -OCH3 is 1. The first-order chi connectivity index (χ1) is 18.8. The molecule has 1 aromatic carbocycles. The van der Waals surface area contributed by atoms with Crippen molar-refractivity contribution in [1.82, 2.24) is 14.9 Å². The zero-order valence-corrected chi connectivity index (χ0v) is 24.5. The fourth-order valence-corrected chi connectivity index (χ4v) is 6.21. The molecule has 40 heavy (non-hydrogen) atoms. The molecule has 1 amide bonds. The number of carbonyl (C=O) groups excluding carboxylic acids is 2. The van der Waals surface area contributed by atoms with E-state index in [9.17, 15) is 19.7 Å². The second kappa shape index (κ2) is 11.2. The molecule has 1 fully saturated rings. The van der Waals surface area contributed by atoms with Gasteiger partial charge in [-0.1, -0.05) is 24.3 Å². The summed E-state index contributed by atoms with van der Waals surface area (Å²) in [4.78, 5) is 50.3. The number of esters is 1. The predicted molar refractivity (Wildman–Crippen MR) is 150 cm³/mol. The van der Waals surface area contributed by atoms with Crippen molar-refractivity contribution in [1.29, 1.82) is 0 Å². The van der Waals surface area contributed by atoms with Crippen LogP contribution in [0.15, 0.2) is 24.3 Å². The summed E-state index contributed by atoms with van der Waals surface area (Å²) in [7, 11) is 1.32. The van der Waals surface area contributed by atoms with E-state index in [1.54, 1.807) is 30.6 Å². The van der Waals surface area contributed by atoms with Gasteiger partial charge in [0.2, 0.25) is 11.1 Å². The molecule has 2 heterocycles. The number of ether oxygens (including phenoxy) is 2. The third-order valence-electron chi connectivity index (χ3n) is 7.54. The van der Waals surface area contributed by atoms with E-state index in [0.29, 0.717) is 12.8 Å². The minimum atomic E-state index is -1.15. The van der Waals surface area contributed by atoms with Crippen molar-refractivity contribution in [3.8, 4) is 0 Å². The second-order valence-electron chi connectivity index (χ2n) is 11.6. The van der Waals surface area contributed by atoms with E-state index in [1.807, 2.05) is 38.1 Å². The molecule has 0 saturated carbocycles. The fraction of sp³-hybridized carbons (Fsp3) is 0.571. The Hall–Kier alpha value is -3.47. The average molecular weight is 574 g/mol. The Morgan fingerprint density at radius 3 is 2.42 bits per heavy atom. The number of carbonyl (C=O) groups is 2. The second-order valence-corrected chi connectivity index (χ2v) is 12.0. The predicted octanol–water partition coefficient (Wildman–Crippen LogP) is 4.86. The highest BCUT2D eigenvalue weighted by molar-refractivity contribution is 6.28. The number of fused-ring (bicyclic) bond motifs is 1. The molecule has 1 aliphatic carbocycles. The standard InChI is InChI=1S/C28H36ClN5O6/c1-17-15-32(16-18(2)33(17)26(36)40-27(3,4)5)23-22(34(37)38)21(30-25(29)31-23)14-28(24(35)39-6)13-9-11-19-10-7-8-12-20(19)28/h7-8,10,12,17-18H,9,11,13-16H2,1-6H3/t17-,18+,28?. The van der Waals surface area contributed by atoms with Gasteiger partial charge in [-0.3, -0.25) is 19.8 Å². The largest absolute Gasteiger partial charge is 0.468 e. The number of benzene rings is 1. The third-order valence-corrected chi connectivity index (χ3v) is 7.71. The number of anilines is 1. The van der Waals surface area contributed by atoms with Gasteiger partial charge in [0.25, 0.3) is 0 Å². The lowest BCUT2D eigenvalue weighted by molar-refractivity contribution is -0.385. The highest BCUT2D eigenvalue weighted by atomic mass is 35.5. The van der Waals surface area contributed by atoms with Crippen molar-refractivity contribution in [3.63, 3.8) is 0 Å². The smallest absolute Gasteiger partial charge is 0.410 e. The first-order valence-electron chi connectivity index (χ1n) is 13.4.